The van der Waals surface area contributed by atoms with Crippen LogP contribution in [-0.4, -0.2) is 0 Å². The maximum Gasteiger partial charge on any atom is 0.129 e. The molecule has 2 atom stereocenters. The SMILES string of the molecule is CCCCC(CC)C(N)c1cc(Cl)c(Br)cc1F. The molecule has 0 amide bonds. The molecule has 1 aromatic carbocycles. The lowest BCUT2D eigenvalue weighted by Crippen LogP contribution is -2.22. The Labute approximate surface area is 122 Å². The fraction of sp³-hybridized carbons (Fsp3) is 0.571. The second-order valence-corrected chi connectivity index (χ2v) is 5.89. The van der Waals surface area contributed by atoms with E-state index in [0.29, 0.717) is 21.0 Å². The number of halogens is 3. The van der Waals surface area contributed by atoms with Crippen LogP contribution in [0.3, 0.4) is 0 Å². The number of rotatable bonds is 6. The summed E-state index contributed by atoms with van der Waals surface area (Å²) in [5.41, 5.74) is 6.72. The Hall–Kier alpha value is -0.120. The minimum absolute atomic E-state index is 0.284. The van der Waals surface area contributed by atoms with Gasteiger partial charge in [-0.25, -0.2) is 4.39 Å². The van der Waals surface area contributed by atoms with E-state index < -0.39 is 0 Å². The first kappa shape index (κ1) is 15.9. The van der Waals surface area contributed by atoms with Crippen molar-refractivity contribution in [2.24, 2.45) is 11.7 Å². The Bertz CT molecular complexity index is 398. The Kier molecular flexibility index (Phi) is 6.61. The van der Waals surface area contributed by atoms with Gasteiger partial charge in [-0.2, -0.15) is 0 Å². The van der Waals surface area contributed by atoms with Crippen LogP contribution in [-0.2, 0) is 0 Å². The molecular formula is C14H20BrClFN. The van der Waals surface area contributed by atoms with Gasteiger partial charge in [-0.1, -0.05) is 44.7 Å². The van der Waals surface area contributed by atoms with Gasteiger partial charge in [0.05, 0.1) is 5.02 Å². The predicted octanol–water partition coefficient (Wildman–Crippen LogP) is 5.46. The predicted molar refractivity (Wildman–Crippen MR) is 79.3 cm³/mol. The molecule has 0 heterocycles. The van der Waals surface area contributed by atoms with Crippen LogP contribution < -0.4 is 5.73 Å². The molecule has 0 saturated heterocycles. The van der Waals surface area contributed by atoms with Crippen LogP contribution in [0.5, 0.6) is 0 Å². The molecule has 2 N–H and O–H groups in total. The first-order chi connectivity index (χ1) is 8.51. The van der Waals surface area contributed by atoms with Gasteiger partial charge in [-0.15, -0.1) is 0 Å². The molecule has 4 heteroatoms. The molecule has 1 rings (SSSR count). The molecule has 18 heavy (non-hydrogen) atoms. The molecule has 0 aliphatic rings. The van der Waals surface area contributed by atoms with E-state index in [1.807, 2.05) is 0 Å². The van der Waals surface area contributed by atoms with Crippen LogP contribution in [0.2, 0.25) is 5.02 Å². The highest BCUT2D eigenvalue weighted by molar-refractivity contribution is 9.10. The van der Waals surface area contributed by atoms with Crippen LogP contribution in [0.25, 0.3) is 0 Å². The van der Waals surface area contributed by atoms with Gasteiger partial charge in [0.15, 0.2) is 0 Å². The van der Waals surface area contributed by atoms with E-state index in [0.717, 1.165) is 25.7 Å². The third kappa shape index (κ3) is 3.94. The van der Waals surface area contributed by atoms with Crippen LogP contribution >= 0.6 is 27.5 Å². The maximum atomic E-state index is 13.9. The van der Waals surface area contributed by atoms with Crippen molar-refractivity contribution in [3.8, 4) is 0 Å². The summed E-state index contributed by atoms with van der Waals surface area (Å²) >= 11 is 9.23. The first-order valence-corrected chi connectivity index (χ1v) is 7.58. The molecular weight excluding hydrogens is 317 g/mol. The van der Waals surface area contributed by atoms with Crippen LogP contribution in [0.4, 0.5) is 4.39 Å². The van der Waals surface area contributed by atoms with Gasteiger partial charge < -0.3 is 5.73 Å². The van der Waals surface area contributed by atoms with Crippen molar-refractivity contribution >= 4 is 27.5 Å². The lowest BCUT2D eigenvalue weighted by atomic mass is 9.87. The number of unbranched alkanes of at least 4 members (excludes halogenated alkanes) is 1. The molecule has 0 radical (unpaired) electrons. The summed E-state index contributed by atoms with van der Waals surface area (Å²) in [6, 6.07) is 2.75. The third-order valence-corrected chi connectivity index (χ3v) is 4.56. The van der Waals surface area contributed by atoms with E-state index in [2.05, 4.69) is 29.8 Å². The van der Waals surface area contributed by atoms with E-state index in [4.69, 9.17) is 17.3 Å². The van der Waals surface area contributed by atoms with Gasteiger partial charge in [0.2, 0.25) is 0 Å². The maximum absolute atomic E-state index is 13.9. The van der Waals surface area contributed by atoms with Crippen molar-refractivity contribution < 1.29 is 4.39 Å². The molecule has 0 aliphatic carbocycles. The molecule has 102 valence electrons. The van der Waals surface area contributed by atoms with Crippen molar-refractivity contribution in [2.75, 3.05) is 0 Å². The number of benzene rings is 1. The summed E-state index contributed by atoms with van der Waals surface area (Å²) in [6.07, 6.45) is 4.24. The van der Waals surface area contributed by atoms with E-state index >= 15 is 0 Å². The van der Waals surface area contributed by atoms with E-state index in [9.17, 15) is 4.39 Å². The molecule has 1 nitrogen and oxygen atoms in total. The molecule has 0 aliphatic heterocycles. The summed E-state index contributed by atoms with van der Waals surface area (Å²) < 4.78 is 14.5. The topological polar surface area (TPSA) is 26.0 Å². The minimum atomic E-state index is -0.285. The number of hydrogen-bond donors (Lipinski definition) is 1. The highest BCUT2D eigenvalue weighted by Gasteiger charge is 2.21. The van der Waals surface area contributed by atoms with Crippen molar-refractivity contribution in [1.29, 1.82) is 0 Å². The van der Waals surface area contributed by atoms with Crippen LogP contribution in [0.15, 0.2) is 16.6 Å². The fourth-order valence-corrected chi connectivity index (χ4v) is 2.64. The second-order valence-electron chi connectivity index (χ2n) is 4.62. The molecule has 0 spiro atoms. The van der Waals surface area contributed by atoms with Crippen LogP contribution in [0, 0.1) is 11.7 Å². The summed E-state index contributed by atoms with van der Waals surface area (Å²) in [6.45, 7) is 4.24. The largest absolute Gasteiger partial charge is 0.324 e. The quantitative estimate of drug-likeness (QED) is 0.686. The normalized spacial score (nSPS) is 14.6. The zero-order valence-corrected chi connectivity index (χ0v) is 13.2. The number of nitrogens with two attached hydrogens (primary N) is 1. The van der Waals surface area contributed by atoms with E-state index in [1.54, 1.807) is 6.07 Å². The van der Waals surface area contributed by atoms with Gasteiger partial charge in [0.1, 0.15) is 5.82 Å². The lowest BCUT2D eigenvalue weighted by Gasteiger charge is -2.23. The van der Waals surface area contributed by atoms with E-state index in [-0.39, 0.29) is 11.9 Å². The Balaban J connectivity index is 2.94. The Morgan fingerprint density at radius 3 is 2.61 bits per heavy atom. The molecule has 0 aromatic heterocycles. The van der Waals surface area contributed by atoms with Crippen molar-refractivity contribution in [3.05, 3.63) is 33.0 Å². The number of hydrogen-bond acceptors (Lipinski definition) is 1. The summed E-state index contributed by atoms with van der Waals surface area (Å²) in [5, 5.41) is 0.507. The molecule has 0 bridgehead atoms. The standard InChI is InChI=1S/C14H20BrClFN/c1-3-5-6-9(4-2)14(18)10-7-12(16)11(15)8-13(10)17/h7-9,14H,3-6,18H2,1-2H3. The average Bonchev–Trinajstić information content (AvgIpc) is 2.34. The summed E-state index contributed by atoms with van der Waals surface area (Å²) in [7, 11) is 0. The highest BCUT2D eigenvalue weighted by atomic mass is 79.9. The van der Waals surface area contributed by atoms with Gasteiger partial charge >= 0.3 is 0 Å². The average molecular weight is 337 g/mol. The third-order valence-electron chi connectivity index (χ3n) is 3.36. The molecule has 2 unspecified atom stereocenters. The highest BCUT2D eigenvalue weighted by Crippen LogP contribution is 2.33. The van der Waals surface area contributed by atoms with Gasteiger partial charge in [0, 0.05) is 16.1 Å². The Morgan fingerprint density at radius 1 is 1.39 bits per heavy atom. The van der Waals surface area contributed by atoms with Gasteiger partial charge in [-0.05, 0) is 40.4 Å². The van der Waals surface area contributed by atoms with Crippen LogP contribution in [0.1, 0.15) is 51.1 Å². The monoisotopic (exact) mass is 335 g/mol. The van der Waals surface area contributed by atoms with Crippen molar-refractivity contribution in [3.63, 3.8) is 0 Å². The zero-order chi connectivity index (χ0) is 13.7. The van der Waals surface area contributed by atoms with Gasteiger partial charge in [0.25, 0.3) is 0 Å². The minimum Gasteiger partial charge on any atom is -0.324 e. The molecule has 1 aromatic rings. The molecule has 0 saturated carbocycles. The molecule has 0 fully saturated rings. The van der Waals surface area contributed by atoms with Crippen molar-refractivity contribution in [1.82, 2.24) is 0 Å². The fourth-order valence-electron chi connectivity index (χ4n) is 2.15. The Morgan fingerprint density at radius 2 is 2.06 bits per heavy atom. The summed E-state index contributed by atoms with van der Waals surface area (Å²) in [5.74, 6) is 0.0189. The first-order valence-electron chi connectivity index (χ1n) is 6.41. The smallest absolute Gasteiger partial charge is 0.129 e. The summed E-state index contributed by atoms with van der Waals surface area (Å²) in [4.78, 5) is 0. The van der Waals surface area contributed by atoms with E-state index in [1.165, 1.54) is 6.07 Å². The lowest BCUT2D eigenvalue weighted by molar-refractivity contribution is 0.369. The van der Waals surface area contributed by atoms with Crippen molar-refractivity contribution in [2.45, 2.75) is 45.6 Å². The zero-order valence-electron chi connectivity index (χ0n) is 10.8. The second kappa shape index (κ2) is 7.46. The van der Waals surface area contributed by atoms with Gasteiger partial charge in [-0.3, -0.25) is 0 Å².